The van der Waals surface area contributed by atoms with Crippen molar-refractivity contribution in [1.82, 2.24) is 5.32 Å². The molecule has 1 aromatic rings. The third-order valence-electron chi connectivity index (χ3n) is 4.08. The van der Waals surface area contributed by atoms with Gasteiger partial charge in [-0.05, 0) is 43.9 Å². The topological polar surface area (TPSA) is 56.8 Å². The molecule has 1 aliphatic rings. The van der Waals surface area contributed by atoms with E-state index in [1.807, 2.05) is 25.1 Å². The Kier molecular flexibility index (Phi) is 5.66. The van der Waals surface area contributed by atoms with E-state index in [9.17, 15) is 4.79 Å². The van der Waals surface area contributed by atoms with Crippen LogP contribution in [0.5, 0.6) is 11.5 Å². The van der Waals surface area contributed by atoms with Crippen LogP contribution in [0.3, 0.4) is 0 Å². The lowest BCUT2D eigenvalue weighted by atomic mass is 9.94. The molecule has 5 heteroatoms. The van der Waals surface area contributed by atoms with E-state index in [0.29, 0.717) is 31.3 Å². The van der Waals surface area contributed by atoms with E-state index < -0.39 is 5.41 Å². The van der Waals surface area contributed by atoms with E-state index in [-0.39, 0.29) is 5.91 Å². The van der Waals surface area contributed by atoms with Crippen LogP contribution < -0.4 is 14.8 Å². The number of rotatable bonds is 9. The maximum absolute atomic E-state index is 12.5. The lowest BCUT2D eigenvalue weighted by molar-refractivity contribution is -0.123. The first kappa shape index (κ1) is 16.6. The summed E-state index contributed by atoms with van der Waals surface area (Å²) in [6.07, 6.45) is 2.58. The molecule has 0 saturated heterocycles. The number of amides is 1. The zero-order chi connectivity index (χ0) is 16.0. The second-order valence-corrected chi connectivity index (χ2v) is 5.46. The first-order chi connectivity index (χ1) is 10.7. The second-order valence-electron chi connectivity index (χ2n) is 5.46. The quantitative estimate of drug-likeness (QED) is 0.711. The monoisotopic (exact) mass is 307 g/mol. The summed E-state index contributed by atoms with van der Waals surface area (Å²) in [4.78, 5) is 12.5. The van der Waals surface area contributed by atoms with Crippen LogP contribution >= 0.6 is 0 Å². The van der Waals surface area contributed by atoms with Gasteiger partial charge in [0.15, 0.2) is 11.5 Å². The maximum atomic E-state index is 12.5. The van der Waals surface area contributed by atoms with Crippen LogP contribution in [0.15, 0.2) is 18.2 Å². The molecule has 1 aliphatic carbocycles. The largest absolute Gasteiger partial charge is 0.493 e. The Morgan fingerprint density at radius 1 is 1.23 bits per heavy atom. The summed E-state index contributed by atoms with van der Waals surface area (Å²) in [6, 6.07) is 5.72. The number of benzene rings is 1. The van der Waals surface area contributed by atoms with Gasteiger partial charge in [-0.2, -0.15) is 0 Å². The average Bonchev–Trinajstić information content (AvgIpc) is 3.35. The van der Waals surface area contributed by atoms with Crippen LogP contribution in [0.25, 0.3) is 0 Å². The number of hydrogen-bond donors (Lipinski definition) is 1. The normalized spacial score (nSPS) is 15.2. The standard InChI is InChI=1S/C17H25NO4/c1-4-22-11-5-10-18-16(19)17(8-9-17)13-6-7-14(20-2)15(12-13)21-3/h6-7,12H,4-5,8-11H2,1-3H3,(H,18,19). The molecule has 22 heavy (non-hydrogen) atoms. The molecule has 0 heterocycles. The van der Waals surface area contributed by atoms with Crippen LogP contribution in [-0.4, -0.2) is 39.9 Å². The zero-order valence-corrected chi connectivity index (χ0v) is 13.6. The Morgan fingerprint density at radius 3 is 2.55 bits per heavy atom. The molecule has 0 radical (unpaired) electrons. The second kappa shape index (κ2) is 7.49. The molecule has 1 aromatic carbocycles. The first-order valence-electron chi connectivity index (χ1n) is 7.76. The van der Waals surface area contributed by atoms with Gasteiger partial charge in [0.05, 0.1) is 19.6 Å². The third-order valence-corrected chi connectivity index (χ3v) is 4.08. The van der Waals surface area contributed by atoms with Gasteiger partial charge in [0, 0.05) is 19.8 Å². The number of ether oxygens (including phenoxy) is 3. The van der Waals surface area contributed by atoms with Gasteiger partial charge in [-0.1, -0.05) is 6.07 Å². The van der Waals surface area contributed by atoms with Gasteiger partial charge >= 0.3 is 0 Å². The van der Waals surface area contributed by atoms with E-state index >= 15 is 0 Å². The molecule has 1 amide bonds. The Hall–Kier alpha value is -1.75. The fourth-order valence-corrected chi connectivity index (χ4v) is 2.60. The van der Waals surface area contributed by atoms with Crippen molar-refractivity contribution in [3.05, 3.63) is 23.8 Å². The molecule has 1 N–H and O–H groups in total. The lowest BCUT2D eigenvalue weighted by Crippen LogP contribution is -2.35. The molecule has 0 aromatic heterocycles. The molecule has 1 saturated carbocycles. The first-order valence-corrected chi connectivity index (χ1v) is 7.76. The molecule has 0 unspecified atom stereocenters. The van der Waals surface area contributed by atoms with Gasteiger partial charge in [0.1, 0.15) is 0 Å². The molecule has 2 rings (SSSR count). The Morgan fingerprint density at radius 2 is 1.95 bits per heavy atom. The predicted molar refractivity (Wildman–Crippen MR) is 84.6 cm³/mol. The lowest BCUT2D eigenvalue weighted by Gasteiger charge is -2.17. The summed E-state index contributed by atoms with van der Waals surface area (Å²) in [5, 5.41) is 3.02. The van der Waals surface area contributed by atoms with Crippen molar-refractivity contribution in [2.45, 2.75) is 31.6 Å². The number of methoxy groups -OCH3 is 2. The summed E-state index contributed by atoms with van der Waals surface area (Å²) in [6.45, 7) is 4.01. The minimum absolute atomic E-state index is 0.0937. The van der Waals surface area contributed by atoms with E-state index in [0.717, 1.165) is 24.8 Å². The van der Waals surface area contributed by atoms with Crippen LogP contribution in [0.1, 0.15) is 31.7 Å². The van der Waals surface area contributed by atoms with Crippen molar-refractivity contribution < 1.29 is 19.0 Å². The summed E-state index contributed by atoms with van der Waals surface area (Å²) < 4.78 is 15.9. The van der Waals surface area contributed by atoms with Crippen LogP contribution in [0.4, 0.5) is 0 Å². The van der Waals surface area contributed by atoms with Gasteiger partial charge in [-0.3, -0.25) is 4.79 Å². The minimum Gasteiger partial charge on any atom is -0.493 e. The van der Waals surface area contributed by atoms with Gasteiger partial charge in [-0.25, -0.2) is 0 Å². The number of nitrogens with one attached hydrogen (secondary N) is 1. The summed E-state index contributed by atoms with van der Waals surface area (Å²) in [5.74, 6) is 1.44. The average molecular weight is 307 g/mol. The highest BCUT2D eigenvalue weighted by atomic mass is 16.5. The van der Waals surface area contributed by atoms with Crippen molar-refractivity contribution >= 4 is 5.91 Å². The zero-order valence-electron chi connectivity index (χ0n) is 13.6. The highest BCUT2D eigenvalue weighted by Crippen LogP contribution is 2.50. The molecule has 5 nitrogen and oxygen atoms in total. The summed E-state index contributed by atoms with van der Waals surface area (Å²) in [7, 11) is 3.21. The molecule has 0 aliphatic heterocycles. The van der Waals surface area contributed by atoms with Crippen molar-refractivity contribution in [3.63, 3.8) is 0 Å². The van der Waals surface area contributed by atoms with Gasteiger partial charge in [0.2, 0.25) is 5.91 Å². The highest BCUT2D eigenvalue weighted by Gasteiger charge is 2.51. The van der Waals surface area contributed by atoms with E-state index in [4.69, 9.17) is 14.2 Å². The van der Waals surface area contributed by atoms with Gasteiger partial charge in [0.25, 0.3) is 0 Å². The van der Waals surface area contributed by atoms with Crippen LogP contribution in [0.2, 0.25) is 0 Å². The SMILES string of the molecule is CCOCCCNC(=O)C1(c2ccc(OC)c(OC)c2)CC1. The molecule has 0 spiro atoms. The Balaban J connectivity index is 1.99. The summed E-state index contributed by atoms with van der Waals surface area (Å²) >= 11 is 0. The molecular formula is C17H25NO4. The highest BCUT2D eigenvalue weighted by molar-refractivity contribution is 5.91. The number of carbonyl (C=O) groups is 1. The van der Waals surface area contributed by atoms with Crippen molar-refractivity contribution in [3.8, 4) is 11.5 Å². The predicted octanol–water partition coefficient (Wildman–Crippen LogP) is 2.28. The van der Waals surface area contributed by atoms with Crippen molar-refractivity contribution in [2.24, 2.45) is 0 Å². The minimum atomic E-state index is -0.398. The number of carbonyl (C=O) groups excluding carboxylic acids is 1. The molecule has 0 atom stereocenters. The Labute approximate surface area is 131 Å². The summed E-state index contributed by atoms with van der Waals surface area (Å²) in [5.41, 5.74) is 0.595. The molecular weight excluding hydrogens is 282 g/mol. The maximum Gasteiger partial charge on any atom is 0.230 e. The van der Waals surface area contributed by atoms with Crippen LogP contribution in [-0.2, 0) is 14.9 Å². The third kappa shape index (κ3) is 3.53. The fraction of sp³-hybridized carbons (Fsp3) is 0.588. The van der Waals surface area contributed by atoms with Gasteiger partial charge < -0.3 is 19.5 Å². The van der Waals surface area contributed by atoms with E-state index in [2.05, 4.69) is 5.32 Å². The number of hydrogen-bond acceptors (Lipinski definition) is 4. The van der Waals surface area contributed by atoms with Crippen LogP contribution in [0, 0.1) is 0 Å². The van der Waals surface area contributed by atoms with E-state index in [1.54, 1.807) is 14.2 Å². The fourth-order valence-electron chi connectivity index (χ4n) is 2.60. The molecule has 122 valence electrons. The van der Waals surface area contributed by atoms with Gasteiger partial charge in [-0.15, -0.1) is 0 Å². The van der Waals surface area contributed by atoms with Crippen molar-refractivity contribution in [2.75, 3.05) is 34.0 Å². The smallest absolute Gasteiger partial charge is 0.230 e. The molecule has 0 bridgehead atoms. The molecule has 1 fully saturated rings. The van der Waals surface area contributed by atoms with E-state index in [1.165, 1.54) is 0 Å². The van der Waals surface area contributed by atoms with Crippen molar-refractivity contribution in [1.29, 1.82) is 0 Å². The Bertz CT molecular complexity index is 511.